The van der Waals surface area contributed by atoms with E-state index in [2.05, 4.69) is 20.6 Å². The van der Waals surface area contributed by atoms with Crippen molar-refractivity contribution in [3.05, 3.63) is 46.1 Å². The molecule has 2 aromatic rings. The SMILES string of the molecule is CCNc1ncc([N+](=O)[O-])c(Nc2cc(F)ccc2F)n1. The van der Waals surface area contributed by atoms with Gasteiger partial charge in [-0.15, -0.1) is 0 Å². The van der Waals surface area contributed by atoms with Gasteiger partial charge in [0.2, 0.25) is 11.8 Å². The zero-order chi connectivity index (χ0) is 15.4. The molecule has 1 aromatic heterocycles. The van der Waals surface area contributed by atoms with Crippen molar-refractivity contribution in [2.45, 2.75) is 6.92 Å². The number of hydrogen-bond acceptors (Lipinski definition) is 6. The molecule has 2 rings (SSSR count). The lowest BCUT2D eigenvalue weighted by Gasteiger charge is -2.09. The Morgan fingerprint density at radius 2 is 2.14 bits per heavy atom. The highest BCUT2D eigenvalue weighted by atomic mass is 19.1. The number of anilines is 3. The van der Waals surface area contributed by atoms with Gasteiger partial charge in [-0.2, -0.15) is 4.98 Å². The van der Waals surface area contributed by atoms with Crippen molar-refractivity contribution >= 4 is 23.1 Å². The minimum absolute atomic E-state index is 0.141. The molecule has 0 amide bonds. The lowest BCUT2D eigenvalue weighted by atomic mass is 10.3. The van der Waals surface area contributed by atoms with Gasteiger partial charge in [0.25, 0.3) is 0 Å². The zero-order valence-corrected chi connectivity index (χ0v) is 10.9. The molecule has 0 saturated heterocycles. The van der Waals surface area contributed by atoms with E-state index in [1.54, 1.807) is 6.92 Å². The minimum atomic E-state index is -0.755. The van der Waals surface area contributed by atoms with Gasteiger partial charge in [0.1, 0.15) is 17.8 Å². The van der Waals surface area contributed by atoms with Crippen LogP contribution in [0.5, 0.6) is 0 Å². The first-order chi connectivity index (χ1) is 10.0. The van der Waals surface area contributed by atoms with Crippen molar-refractivity contribution in [1.82, 2.24) is 9.97 Å². The fraction of sp³-hybridized carbons (Fsp3) is 0.167. The van der Waals surface area contributed by atoms with E-state index in [1.807, 2.05) is 0 Å². The van der Waals surface area contributed by atoms with E-state index < -0.39 is 22.2 Å². The lowest BCUT2D eigenvalue weighted by Crippen LogP contribution is -2.07. The fourth-order valence-electron chi connectivity index (χ4n) is 1.57. The van der Waals surface area contributed by atoms with Crippen molar-refractivity contribution in [3.63, 3.8) is 0 Å². The third kappa shape index (κ3) is 3.38. The number of nitrogens with zero attached hydrogens (tertiary/aromatic N) is 3. The summed E-state index contributed by atoms with van der Waals surface area (Å²) >= 11 is 0. The van der Waals surface area contributed by atoms with Crippen molar-refractivity contribution in [2.75, 3.05) is 17.2 Å². The summed E-state index contributed by atoms with van der Waals surface area (Å²) < 4.78 is 26.7. The van der Waals surface area contributed by atoms with Crippen LogP contribution in [-0.4, -0.2) is 21.4 Å². The summed E-state index contributed by atoms with van der Waals surface area (Å²) in [6.45, 7) is 2.30. The number of benzene rings is 1. The molecule has 0 saturated carbocycles. The van der Waals surface area contributed by atoms with E-state index in [9.17, 15) is 18.9 Å². The summed E-state index contributed by atoms with van der Waals surface area (Å²) in [6.07, 6.45) is 0.991. The fourth-order valence-corrected chi connectivity index (χ4v) is 1.57. The van der Waals surface area contributed by atoms with E-state index in [1.165, 1.54) is 0 Å². The van der Waals surface area contributed by atoms with Gasteiger partial charge in [0.15, 0.2) is 0 Å². The quantitative estimate of drug-likeness (QED) is 0.651. The highest BCUT2D eigenvalue weighted by molar-refractivity contribution is 5.66. The van der Waals surface area contributed by atoms with Crippen LogP contribution in [0.4, 0.5) is 31.9 Å². The van der Waals surface area contributed by atoms with E-state index in [0.29, 0.717) is 6.54 Å². The van der Waals surface area contributed by atoms with Gasteiger partial charge in [-0.05, 0) is 19.1 Å². The van der Waals surface area contributed by atoms with Crippen molar-refractivity contribution in [1.29, 1.82) is 0 Å². The van der Waals surface area contributed by atoms with Gasteiger partial charge in [0, 0.05) is 12.6 Å². The van der Waals surface area contributed by atoms with Gasteiger partial charge in [0.05, 0.1) is 10.6 Å². The Morgan fingerprint density at radius 1 is 1.38 bits per heavy atom. The average Bonchev–Trinajstić information content (AvgIpc) is 2.43. The number of aromatic nitrogens is 2. The van der Waals surface area contributed by atoms with Gasteiger partial charge >= 0.3 is 5.69 Å². The molecule has 2 N–H and O–H groups in total. The minimum Gasteiger partial charge on any atom is -0.354 e. The van der Waals surface area contributed by atoms with Crippen LogP contribution < -0.4 is 10.6 Å². The van der Waals surface area contributed by atoms with E-state index >= 15 is 0 Å². The Balaban J connectivity index is 2.43. The average molecular weight is 295 g/mol. The van der Waals surface area contributed by atoms with Crippen molar-refractivity contribution < 1.29 is 13.7 Å². The molecular formula is C12H11F2N5O2. The second-order valence-electron chi connectivity index (χ2n) is 3.96. The summed E-state index contributed by atoms with van der Waals surface area (Å²) in [5, 5.41) is 16.1. The summed E-state index contributed by atoms with van der Waals surface area (Å²) in [7, 11) is 0. The molecule has 7 nitrogen and oxygen atoms in total. The monoisotopic (exact) mass is 295 g/mol. The molecule has 0 atom stereocenters. The predicted molar refractivity (Wildman–Crippen MR) is 72.5 cm³/mol. The second-order valence-corrected chi connectivity index (χ2v) is 3.96. The van der Waals surface area contributed by atoms with Crippen LogP contribution in [0.1, 0.15) is 6.92 Å². The summed E-state index contributed by atoms with van der Waals surface area (Å²) in [4.78, 5) is 17.9. The molecule has 0 radical (unpaired) electrons. The van der Waals surface area contributed by atoms with Crippen LogP contribution in [0.25, 0.3) is 0 Å². The number of hydrogen-bond donors (Lipinski definition) is 2. The maximum Gasteiger partial charge on any atom is 0.329 e. The van der Waals surface area contributed by atoms with Crippen LogP contribution in [0.2, 0.25) is 0 Å². The molecule has 0 aliphatic heterocycles. The molecule has 9 heteroatoms. The normalized spacial score (nSPS) is 10.2. The van der Waals surface area contributed by atoms with E-state index in [0.717, 1.165) is 24.4 Å². The smallest absolute Gasteiger partial charge is 0.329 e. The van der Waals surface area contributed by atoms with Crippen molar-refractivity contribution in [3.8, 4) is 0 Å². The first-order valence-corrected chi connectivity index (χ1v) is 5.98. The van der Waals surface area contributed by atoms with E-state index in [4.69, 9.17) is 0 Å². The van der Waals surface area contributed by atoms with Crippen LogP contribution in [0.3, 0.4) is 0 Å². The Bertz CT molecular complexity index is 681. The highest BCUT2D eigenvalue weighted by Gasteiger charge is 2.18. The third-order valence-corrected chi connectivity index (χ3v) is 2.48. The molecule has 0 aliphatic rings. The van der Waals surface area contributed by atoms with Gasteiger partial charge in [-0.3, -0.25) is 10.1 Å². The van der Waals surface area contributed by atoms with Gasteiger partial charge in [-0.1, -0.05) is 0 Å². The number of rotatable bonds is 5. The number of nitrogens with one attached hydrogen (secondary N) is 2. The number of nitro groups is 1. The maximum atomic E-state index is 13.6. The summed E-state index contributed by atoms with van der Waals surface area (Å²) in [5.41, 5.74) is -0.695. The number of halogens is 2. The molecule has 1 aromatic carbocycles. The lowest BCUT2D eigenvalue weighted by molar-refractivity contribution is -0.384. The molecule has 1 heterocycles. The standard InChI is InChI=1S/C12H11F2N5O2/c1-2-15-12-16-6-10(19(20)21)11(18-12)17-9-5-7(13)3-4-8(9)14/h3-6H,2H2,1H3,(H2,15,16,17,18). The van der Waals surface area contributed by atoms with Crippen molar-refractivity contribution in [2.24, 2.45) is 0 Å². The molecule has 0 fully saturated rings. The maximum absolute atomic E-state index is 13.6. The molecule has 0 bridgehead atoms. The first kappa shape index (κ1) is 14.6. The highest BCUT2D eigenvalue weighted by Crippen LogP contribution is 2.27. The second kappa shape index (κ2) is 6.07. The largest absolute Gasteiger partial charge is 0.354 e. The molecule has 0 unspecified atom stereocenters. The van der Waals surface area contributed by atoms with Gasteiger partial charge in [-0.25, -0.2) is 13.8 Å². The Labute approximate surface area is 118 Å². The molecule has 0 aliphatic carbocycles. The van der Waals surface area contributed by atoms with E-state index in [-0.39, 0.29) is 17.5 Å². The zero-order valence-electron chi connectivity index (χ0n) is 10.9. The summed E-state index contributed by atoms with van der Waals surface area (Å²) in [6, 6.07) is 2.74. The molecule has 21 heavy (non-hydrogen) atoms. The predicted octanol–water partition coefficient (Wildman–Crippen LogP) is 2.84. The van der Waals surface area contributed by atoms with Crippen LogP contribution in [-0.2, 0) is 0 Å². The van der Waals surface area contributed by atoms with Gasteiger partial charge < -0.3 is 10.6 Å². The molecular weight excluding hydrogens is 284 g/mol. The van der Waals surface area contributed by atoms with Crippen LogP contribution in [0, 0.1) is 21.7 Å². The van der Waals surface area contributed by atoms with Crippen LogP contribution in [0.15, 0.2) is 24.4 Å². The molecule has 0 spiro atoms. The Kier molecular flexibility index (Phi) is 4.21. The molecule has 110 valence electrons. The Morgan fingerprint density at radius 3 is 2.81 bits per heavy atom. The summed E-state index contributed by atoms with van der Waals surface area (Å²) in [5.74, 6) is -1.52. The topological polar surface area (TPSA) is 93.0 Å². The Hall–Kier alpha value is -2.84. The first-order valence-electron chi connectivity index (χ1n) is 5.98. The third-order valence-electron chi connectivity index (χ3n) is 2.48. The van der Waals surface area contributed by atoms with Crippen LogP contribution >= 0.6 is 0 Å².